The summed E-state index contributed by atoms with van der Waals surface area (Å²) in [4.78, 5) is 21.1. The zero-order valence-electron chi connectivity index (χ0n) is 26.4. The summed E-state index contributed by atoms with van der Waals surface area (Å²) in [7, 11) is -3.31. The lowest BCUT2D eigenvalue weighted by molar-refractivity contribution is 0.0811. The summed E-state index contributed by atoms with van der Waals surface area (Å²) in [6, 6.07) is 12.6. The molecule has 0 spiro atoms. The van der Waals surface area contributed by atoms with E-state index in [2.05, 4.69) is 15.1 Å². The number of fused-ring (bicyclic) bond motifs is 1. The normalized spacial score (nSPS) is 16.0. The number of aromatic nitrogens is 4. The van der Waals surface area contributed by atoms with Gasteiger partial charge >= 0.3 is 0 Å². The highest BCUT2D eigenvalue weighted by Gasteiger charge is 2.41. The lowest BCUT2D eigenvalue weighted by Crippen LogP contribution is -2.39. The van der Waals surface area contributed by atoms with Gasteiger partial charge in [0.2, 0.25) is 21.7 Å². The third kappa shape index (κ3) is 6.47. The van der Waals surface area contributed by atoms with Crippen LogP contribution in [-0.4, -0.2) is 69.6 Å². The summed E-state index contributed by atoms with van der Waals surface area (Å²) in [6.07, 6.45) is 2.50. The number of nitrogen functional groups attached to an aromatic ring is 1. The second-order valence-electron chi connectivity index (χ2n) is 12.3. The van der Waals surface area contributed by atoms with Gasteiger partial charge in [-0.25, -0.2) is 35.6 Å². The van der Waals surface area contributed by atoms with Crippen LogP contribution in [0.5, 0.6) is 17.4 Å². The van der Waals surface area contributed by atoms with Crippen LogP contribution in [-0.2, 0) is 10.0 Å². The van der Waals surface area contributed by atoms with E-state index < -0.39 is 34.7 Å². The first-order valence-electron chi connectivity index (χ1n) is 15.8. The number of ketones is 1. The highest BCUT2D eigenvalue weighted by Crippen LogP contribution is 2.40. The van der Waals surface area contributed by atoms with Crippen LogP contribution in [0.4, 0.5) is 19.0 Å². The SMILES string of the molecule is Cc1cc(Oc2ccccc2F)ncc1-n1ncc(C(=O)c2cc3cc(OCC(F)F)c(C4CCN(S(=O)(=O)C5CC5)CC4)cc3[nH]2)c1N. The molecule has 11 nitrogen and oxygen atoms in total. The number of nitrogens with two attached hydrogens (primary N) is 1. The van der Waals surface area contributed by atoms with E-state index in [4.69, 9.17) is 15.2 Å². The Hall–Kier alpha value is -4.89. The molecule has 4 heterocycles. The van der Waals surface area contributed by atoms with Crippen molar-refractivity contribution in [3.05, 3.63) is 89.1 Å². The summed E-state index contributed by atoms with van der Waals surface area (Å²) in [5.74, 6) is -0.580. The number of alkyl halides is 2. The molecule has 5 aromatic rings. The minimum Gasteiger partial charge on any atom is -0.487 e. The molecule has 7 rings (SSSR count). The van der Waals surface area contributed by atoms with E-state index in [0.717, 1.165) is 0 Å². The Balaban J connectivity index is 1.13. The number of nitrogens with one attached hydrogen (secondary N) is 1. The first-order chi connectivity index (χ1) is 23.5. The second-order valence-corrected chi connectivity index (χ2v) is 14.5. The van der Waals surface area contributed by atoms with Crippen LogP contribution in [0.15, 0.2) is 60.9 Å². The molecule has 0 unspecified atom stereocenters. The lowest BCUT2D eigenvalue weighted by atomic mass is 9.89. The van der Waals surface area contributed by atoms with Gasteiger partial charge in [0.25, 0.3) is 6.43 Å². The van der Waals surface area contributed by atoms with E-state index in [1.807, 2.05) is 0 Å². The van der Waals surface area contributed by atoms with Crippen molar-refractivity contribution in [2.45, 2.75) is 50.2 Å². The Kier molecular flexibility index (Phi) is 8.57. The molecule has 1 aliphatic heterocycles. The average molecular weight is 695 g/mol. The predicted molar refractivity (Wildman–Crippen MR) is 176 cm³/mol. The Morgan fingerprint density at radius 2 is 1.82 bits per heavy atom. The second kappa shape index (κ2) is 12.9. The van der Waals surface area contributed by atoms with Crippen molar-refractivity contribution in [3.63, 3.8) is 0 Å². The van der Waals surface area contributed by atoms with E-state index in [-0.39, 0.29) is 45.6 Å². The van der Waals surface area contributed by atoms with Gasteiger partial charge in [-0.3, -0.25) is 4.79 Å². The number of anilines is 1. The number of nitrogens with zero attached hydrogens (tertiary/aromatic N) is 4. The van der Waals surface area contributed by atoms with E-state index in [0.29, 0.717) is 66.5 Å². The number of carbonyl (C=O) groups excluding carboxylic acids is 1. The average Bonchev–Trinajstić information content (AvgIpc) is 3.77. The molecule has 3 N–H and O–H groups in total. The van der Waals surface area contributed by atoms with Crippen LogP contribution in [0.25, 0.3) is 16.6 Å². The number of ether oxygens (including phenoxy) is 2. The molecule has 0 atom stereocenters. The third-order valence-electron chi connectivity index (χ3n) is 8.95. The number of hydrogen-bond acceptors (Lipinski definition) is 8. The number of pyridine rings is 1. The maximum absolute atomic E-state index is 14.0. The first kappa shape index (κ1) is 32.6. The first-order valence-corrected chi connectivity index (χ1v) is 17.3. The van der Waals surface area contributed by atoms with Gasteiger partial charge in [-0.05, 0) is 80.0 Å². The molecule has 0 radical (unpaired) electrons. The number of sulfonamides is 1. The molecule has 3 aromatic heterocycles. The monoisotopic (exact) mass is 694 g/mol. The summed E-state index contributed by atoms with van der Waals surface area (Å²) in [5.41, 5.74) is 9.14. The molecule has 0 amide bonds. The van der Waals surface area contributed by atoms with Crippen molar-refractivity contribution >= 4 is 32.5 Å². The predicted octanol–water partition coefficient (Wildman–Crippen LogP) is 6.12. The molecule has 1 aliphatic carbocycles. The van der Waals surface area contributed by atoms with E-state index in [1.165, 1.54) is 33.5 Å². The topological polar surface area (TPSA) is 145 Å². The van der Waals surface area contributed by atoms with Gasteiger partial charge < -0.3 is 20.2 Å². The number of carbonyl (C=O) groups is 1. The molecule has 2 fully saturated rings. The van der Waals surface area contributed by atoms with Crippen LogP contribution < -0.4 is 15.2 Å². The molecule has 2 aromatic carbocycles. The van der Waals surface area contributed by atoms with E-state index in [9.17, 15) is 26.4 Å². The highest BCUT2D eigenvalue weighted by molar-refractivity contribution is 7.90. The van der Waals surface area contributed by atoms with Gasteiger partial charge in [0, 0.05) is 30.1 Å². The standard InChI is InChI=1S/C34H33F3N6O5S/c1-19-12-32(48-29-5-3-2-4-25(29)35)39-17-28(19)43-34(38)24(16-40-43)33(44)27-13-21-14-30(47-18-31(36)37)23(15-26(21)41-27)20-8-10-42(11-9-20)49(45,46)22-6-7-22/h2-5,12-17,20,22,31,41H,6-11,18,38H2,1H3. The molecule has 256 valence electrons. The van der Waals surface area contributed by atoms with Crippen LogP contribution >= 0.6 is 0 Å². The number of rotatable bonds is 11. The van der Waals surface area contributed by atoms with Crippen molar-refractivity contribution in [1.29, 1.82) is 0 Å². The number of aromatic amines is 1. The number of H-pyrrole nitrogens is 1. The largest absolute Gasteiger partial charge is 0.487 e. The van der Waals surface area contributed by atoms with Crippen molar-refractivity contribution in [3.8, 4) is 23.1 Å². The van der Waals surface area contributed by atoms with Crippen LogP contribution in [0.3, 0.4) is 0 Å². The molecule has 0 bridgehead atoms. The van der Waals surface area contributed by atoms with Gasteiger partial charge in [-0.15, -0.1) is 0 Å². The third-order valence-corrected chi connectivity index (χ3v) is 11.3. The Labute approximate surface area is 279 Å². The van der Waals surface area contributed by atoms with Gasteiger partial charge in [0.05, 0.1) is 34.6 Å². The minimum absolute atomic E-state index is 0.0245. The summed E-state index contributed by atoms with van der Waals surface area (Å²) in [5, 5.41) is 4.60. The van der Waals surface area contributed by atoms with Gasteiger partial charge in [0.15, 0.2) is 11.6 Å². The number of hydrogen-bond donors (Lipinski definition) is 2. The molecule has 15 heteroatoms. The smallest absolute Gasteiger partial charge is 0.272 e. The van der Waals surface area contributed by atoms with Crippen LogP contribution in [0.1, 0.15) is 58.8 Å². The Morgan fingerprint density at radius 1 is 1.06 bits per heavy atom. The van der Waals surface area contributed by atoms with Crippen molar-refractivity contribution in [2.75, 3.05) is 25.4 Å². The maximum atomic E-state index is 14.0. The molecular formula is C34H33F3N6O5S. The number of halogens is 3. The zero-order chi connectivity index (χ0) is 34.4. The van der Waals surface area contributed by atoms with Crippen molar-refractivity contribution in [2.24, 2.45) is 0 Å². The molecular weight excluding hydrogens is 661 g/mol. The fourth-order valence-corrected chi connectivity index (χ4v) is 8.08. The molecule has 1 saturated carbocycles. The summed E-state index contributed by atoms with van der Waals surface area (Å²) in [6.45, 7) is 1.64. The quantitative estimate of drug-likeness (QED) is 0.158. The Morgan fingerprint density at radius 3 is 2.51 bits per heavy atom. The van der Waals surface area contributed by atoms with Crippen molar-refractivity contribution < 1.29 is 35.9 Å². The summed E-state index contributed by atoms with van der Waals surface area (Å²) >= 11 is 0. The fraction of sp³-hybridized carbons (Fsp3) is 0.324. The molecule has 1 saturated heterocycles. The minimum atomic E-state index is -3.31. The van der Waals surface area contributed by atoms with E-state index >= 15 is 0 Å². The number of para-hydroxylation sites is 1. The molecule has 49 heavy (non-hydrogen) atoms. The van der Waals surface area contributed by atoms with Gasteiger partial charge in [-0.2, -0.15) is 5.10 Å². The molecule has 2 aliphatic rings. The summed E-state index contributed by atoms with van der Waals surface area (Å²) < 4.78 is 79.9. The number of aryl methyl sites for hydroxylation is 1. The fourth-order valence-electron chi connectivity index (χ4n) is 6.20. The van der Waals surface area contributed by atoms with Crippen LogP contribution in [0, 0.1) is 12.7 Å². The van der Waals surface area contributed by atoms with Gasteiger partial charge in [-0.1, -0.05) is 12.1 Å². The Bertz CT molecular complexity index is 2160. The maximum Gasteiger partial charge on any atom is 0.272 e. The van der Waals surface area contributed by atoms with Crippen LogP contribution in [0.2, 0.25) is 0 Å². The highest BCUT2D eigenvalue weighted by atomic mass is 32.2. The number of piperidine rings is 1. The van der Waals surface area contributed by atoms with E-state index in [1.54, 1.807) is 43.3 Å². The zero-order valence-corrected chi connectivity index (χ0v) is 27.2. The lowest BCUT2D eigenvalue weighted by Gasteiger charge is -2.32. The number of benzene rings is 2. The van der Waals surface area contributed by atoms with Crippen molar-refractivity contribution in [1.82, 2.24) is 24.1 Å². The van der Waals surface area contributed by atoms with Gasteiger partial charge in [0.1, 0.15) is 18.2 Å².